The van der Waals surface area contributed by atoms with Crippen LogP contribution in [0, 0.1) is 0 Å². The molecule has 1 atom stereocenters. The first-order valence-corrected chi connectivity index (χ1v) is 10.00. The summed E-state index contributed by atoms with van der Waals surface area (Å²) < 4.78 is 7.38. The number of carbonyl (C=O) groups is 1. The number of tetrazole rings is 1. The van der Waals surface area contributed by atoms with Gasteiger partial charge in [0.05, 0.1) is 18.4 Å². The maximum absolute atomic E-state index is 12.5. The number of carbonyl (C=O) groups excluding carboxylic acids is 1. The number of hydrogen-bond acceptors (Lipinski definition) is 7. The molecule has 0 radical (unpaired) electrons. The smallest absolute Gasteiger partial charge is 0.233 e. The van der Waals surface area contributed by atoms with Gasteiger partial charge in [0.25, 0.3) is 0 Å². The zero-order valence-electron chi connectivity index (χ0n) is 13.3. The second-order valence-electron chi connectivity index (χ2n) is 6.00. The van der Waals surface area contributed by atoms with Crippen LogP contribution in [0.25, 0.3) is 0 Å². The third kappa shape index (κ3) is 3.47. The topological polar surface area (TPSA) is 73.1 Å². The minimum Gasteiger partial charge on any atom is -0.376 e. The van der Waals surface area contributed by atoms with E-state index in [0.29, 0.717) is 17.5 Å². The molecule has 1 saturated heterocycles. The molecule has 7 nitrogen and oxygen atoms in total. The Bertz CT molecular complexity index is 710. The Morgan fingerprint density at radius 1 is 1.50 bits per heavy atom. The van der Waals surface area contributed by atoms with Gasteiger partial charge in [0.2, 0.25) is 11.1 Å². The van der Waals surface area contributed by atoms with Gasteiger partial charge in [-0.25, -0.2) is 4.68 Å². The van der Waals surface area contributed by atoms with Crippen molar-refractivity contribution in [1.29, 1.82) is 0 Å². The number of hydrogen-bond donors (Lipinski definition) is 0. The predicted octanol–water partition coefficient (Wildman–Crippen LogP) is 1.59. The highest BCUT2D eigenvalue weighted by Gasteiger charge is 2.23. The van der Waals surface area contributed by atoms with Gasteiger partial charge in [0.15, 0.2) is 0 Å². The van der Waals surface area contributed by atoms with Crippen molar-refractivity contribution in [2.24, 2.45) is 0 Å². The number of aromatic nitrogens is 4. The molecular weight excluding hydrogens is 346 g/mol. The zero-order chi connectivity index (χ0) is 16.4. The van der Waals surface area contributed by atoms with E-state index in [1.807, 2.05) is 4.90 Å². The van der Waals surface area contributed by atoms with E-state index in [0.717, 1.165) is 39.0 Å². The summed E-state index contributed by atoms with van der Waals surface area (Å²) in [5, 5.41) is 14.6. The molecule has 1 fully saturated rings. The molecular formula is C15H19N5O2S2. The normalized spacial score (nSPS) is 20.3. The van der Waals surface area contributed by atoms with Crippen molar-refractivity contribution in [1.82, 2.24) is 25.1 Å². The summed E-state index contributed by atoms with van der Waals surface area (Å²) in [5.74, 6) is 0.509. The largest absolute Gasteiger partial charge is 0.376 e. The fourth-order valence-electron chi connectivity index (χ4n) is 3.07. The SMILES string of the molecule is O=C(CSc1nnnn1CC1CCCO1)N1CCc2sccc2C1. The van der Waals surface area contributed by atoms with E-state index < -0.39 is 0 Å². The van der Waals surface area contributed by atoms with E-state index in [2.05, 4.69) is 27.0 Å². The van der Waals surface area contributed by atoms with Crippen LogP contribution >= 0.6 is 23.1 Å². The zero-order valence-corrected chi connectivity index (χ0v) is 14.9. The van der Waals surface area contributed by atoms with Gasteiger partial charge in [-0.15, -0.1) is 16.4 Å². The molecule has 24 heavy (non-hydrogen) atoms. The first-order valence-electron chi connectivity index (χ1n) is 8.13. The molecule has 2 aliphatic rings. The van der Waals surface area contributed by atoms with Gasteiger partial charge >= 0.3 is 0 Å². The highest BCUT2D eigenvalue weighted by molar-refractivity contribution is 7.99. The summed E-state index contributed by atoms with van der Waals surface area (Å²) in [6.45, 7) is 2.99. The molecule has 0 N–H and O–H groups in total. The van der Waals surface area contributed by atoms with Gasteiger partial charge in [-0.05, 0) is 46.7 Å². The second-order valence-corrected chi connectivity index (χ2v) is 7.94. The van der Waals surface area contributed by atoms with Crippen molar-refractivity contribution in [3.63, 3.8) is 0 Å². The lowest BCUT2D eigenvalue weighted by Crippen LogP contribution is -2.36. The Morgan fingerprint density at radius 3 is 3.33 bits per heavy atom. The summed E-state index contributed by atoms with van der Waals surface area (Å²) >= 11 is 3.19. The molecule has 4 heterocycles. The number of rotatable bonds is 5. The first kappa shape index (κ1) is 16.0. The summed E-state index contributed by atoms with van der Waals surface area (Å²) in [6.07, 6.45) is 3.27. The van der Waals surface area contributed by atoms with Crippen molar-refractivity contribution in [2.75, 3.05) is 18.9 Å². The quantitative estimate of drug-likeness (QED) is 0.749. The fraction of sp³-hybridized carbons (Fsp3) is 0.600. The van der Waals surface area contributed by atoms with Crippen LogP contribution in [0.3, 0.4) is 0 Å². The van der Waals surface area contributed by atoms with E-state index >= 15 is 0 Å². The van der Waals surface area contributed by atoms with Crippen LogP contribution in [0.5, 0.6) is 0 Å². The summed E-state index contributed by atoms with van der Waals surface area (Å²) in [6, 6.07) is 2.12. The van der Waals surface area contributed by atoms with Crippen molar-refractivity contribution >= 4 is 29.0 Å². The standard InChI is InChI=1S/C15H19N5O2S2/c21-14(19-5-3-13-11(8-19)4-7-23-13)10-24-15-16-17-18-20(15)9-12-2-1-6-22-12/h4,7,12H,1-3,5-6,8-10H2. The summed E-state index contributed by atoms with van der Waals surface area (Å²) in [4.78, 5) is 15.8. The van der Waals surface area contributed by atoms with Crippen molar-refractivity contribution in [3.05, 3.63) is 21.9 Å². The maximum atomic E-state index is 12.5. The Balaban J connectivity index is 1.32. The van der Waals surface area contributed by atoms with Crippen molar-refractivity contribution in [3.8, 4) is 0 Å². The lowest BCUT2D eigenvalue weighted by molar-refractivity contribution is -0.129. The van der Waals surface area contributed by atoms with E-state index in [9.17, 15) is 4.79 Å². The van der Waals surface area contributed by atoms with Crippen LogP contribution in [-0.4, -0.2) is 56.0 Å². The Labute approximate surface area is 148 Å². The van der Waals surface area contributed by atoms with Crippen LogP contribution in [0.15, 0.2) is 16.6 Å². The van der Waals surface area contributed by atoms with Crippen LogP contribution < -0.4 is 0 Å². The van der Waals surface area contributed by atoms with Crippen molar-refractivity contribution < 1.29 is 9.53 Å². The van der Waals surface area contributed by atoms with Gasteiger partial charge in [0, 0.05) is 24.6 Å². The third-order valence-electron chi connectivity index (χ3n) is 4.38. The third-order valence-corrected chi connectivity index (χ3v) is 6.35. The molecule has 4 rings (SSSR count). The van der Waals surface area contributed by atoms with Gasteiger partial charge in [-0.2, -0.15) is 0 Å². The van der Waals surface area contributed by atoms with E-state index in [4.69, 9.17) is 4.74 Å². The average Bonchev–Trinajstić information content (AvgIpc) is 3.34. The van der Waals surface area contributed by atoms with Crippen LogP contribution in [0.4, 0.5) is 0 Å². The minimum atomic E-state index is 0.142. The van der Waals surface area contributed by atoms with Crippen molar-refractivity contribution in [2.45, 2.75) is 43.6 Å². The highest BCUT2D eigenvalue weighted by Crippen LogP contribution is 2.25. The number of amides is 1. The number of thioether (sulfide) groups is 1. The average molecular weight is 365 g/mol. The van der Waals surface area contributed by atoms with Crippen LogP contribution in [0.2, 0.25) is 0 Å². The maximum Gasteiger partial charge on any atom is 0.233 e. The van der Waals surface area contributed by atoms with E-state index in [1.165, 1.54) is 22.2 Å². The predicted molar refractivity (Wildman–Crippen MR) is 91.0 cm³/mol. The number of nitrogens with zero attached hydrogens (tertiary/aromatic N) is 5. The molecule has 2 aromatic heterocycles. The first-order chi connectivity index (χ1) is 11.8. The van der Waals surface area contributed by atoms with Crippen LogP contribution in [0.1, 0.15) is 23.3 Å². The highest BCUT2D eigenvalue weighted by atomic mass is 32.2. The monoisotopic (exact) mass is 365 g/mol. The van der Waals surface area contributed by atoms with Gasteiger partial charge in [-0.3, -0.25) is 4.79 Å². The van der Waals surface area contributed by atoms with E-state index in [-0.39, 0.29) is 12.0 Å². The molecule has 0 saturated carbocycles. The molecule has 9 heteroatoms. The molecule has 2 aliphatic heterocycles. The van der Waals surface area contributed by atoms with Gasteiger partial charge < -0.3 is 9.64 Å². The number of thiophene rings is 1. The second kappa shape index (κ2) is 7.20. The molecule has 0 bridgehead atoms. The van der Waals surface area contributed by atoms with E-state index in [1.54, 1.807) is 16.0 Å². The molecule has 0 spiro atoms. The fourth-order valence-corrected chi connectivity index (χ4v) is 4.75. The van der Waals surface area contributed by atoms with Gasteiger partial charge in [0.1, 0.15) is 0 Å². The Hall–Kier alpha value is -1.45. The van der Waals surface area contributed by atoms with Gasteiger partial charge in [-0.1, -0.05) is 11.8 Å². The minimum absolute atomic E-state index is 0.142. The number of ether oxygens (including phenoxy) is 1. The van der Waals surface area contributed by atoms with Crippen LogP contribution in [-0.2, 0) is 29.0 Å². The lowest BCUT2D eigenvalue weighted by Gasteiger charge is -2.26. The Kier molecular flexibility index (Phi) is 4.81. The molecule has 1 amide bonds. The number of fused-ring (bicyclic) bond motifs is 1. The summed E-state index contributed by atoms with van der Waals surface area (Å²) in [7, 11) is 0. The lowest BCUT2D eigenvalue weighted by atomic mass is 10.1. The molecule has 1 unspecified atom stereocenters. The Morgan fingerprint density at radius 2 is 2.46 bits per heavy atom. The molecule has 128 valence electrons. The summed E-state index contributed by atoms with van der Waals surface area (Å²) in [5.41, 5.74) is 1.29. The molecule has 2 aromatic rings. The molecule has 0 aliphatic carbocycles. The molecule has 0 aromatic carbocycles.